The zero-order valence-corrected chi connectivity index (χ0v) is 10.3. The molecule has 0 bridgehead atoms. The van der Waals surface area contributed by atoms with Crippen LogP contribution in [0, 0.1) is 0 Å². The third-order valence-electron chi connectivity index (χ3n) is 2.84. The second-order valence-corrected chi connectivity index (χ2v) is 4.37. The maximum atomic E-state index is 11.8. The van der Waals surface area contributed by atoms with E-state index in [1.54, 1.807) is 30.0 Å². The van der Waals surface area contributed by atoms with E-state index < -0.39 is 0 Å². The number of fused-ring (bicyclic) bond motifs is 1. The van der Waals surface area contributed by atoms with E-state index in [4.69, 9.17) is 10.5 Å². The summed E-state index contributed by atoms with van der Waals surface area (Å²) in [5.41, 5.74) is 7.00. The van der Waals surface area contributed by atoms with Gasteiger partial charge >= 0.3 is 0 Å². The number of ketones is 1. The molecule has 0 saturated carbocycles. The van der Waals surface area contributed by atoms with E-state index in [2.05, 4.69) is 0 Å². The SMILES string of the molecule is CC(=O)CCCN1C(=O)COc2ccc(N)cc21. The van der Waals surface area contributed by atoms with E-state index in [9.17, 15) is 9.59 Å². The Bertz CT molecular complexity index is 485. The molecule has 0 aromatic heterocycles. The van der Waals surface area contributed by atoms with E-state index in [1.807, 2.05) is 0 Å². The van der Waals surface area contributed by atoms with E-state index in [-0.39, 0.29) is 18.3 Å². The standard InChI is InChI=1S/C13H16N2O3/c1-9(16)3-2-6-15-11-7-10(14)4-5-12(11)18-8-13(15)17/h4-5,7H,2-3,6,8,14H2,1H3. The van der Waals surface area contributed by atoms with Crippen LogP contribution in [0.1, 0.15) is 19.8 Å². The summed E-state index contributed by atoms with van der Waals surface area (Å²) in [5, 5.41) is 0. The fourth-order valence-electron chi connectivity index (χ4n) is 1.95. The quantitative estimate of drug-likeness (QED) is 0.817. The zero-order chi connectivity index (χ0) is 13.1. The lowest BCUT2D eigenvalue weighted by atomic mass is 10.1. The Labute approximate surface area is 106 Å². The summed E-state index contributed by atoms with van der Waals surface area (Å²) in [6, 6.07) is 5.22. The monoisotopic (exact) mass is 248 g/mol. The van der Waals surface area contributed by atoms with Crippen LogP contribution in [0.4, 0.5) is 11.4 Å². The minimum atomic E-state index is -0.100. The summed E-state index contributed by atoms with van der Waals surface area (Å²) in [6.07, 6.45) is 1.12. The summed E-state index contributed by atoms with van der Waals surface area (Å²) < 4.78 is 5.33. The third-order valence-corrected chi connectivity index (χ3v) is 2.84. The van der Waals surface area contributed by atoms with Crippen LogP contribution in [0.15, 0.2) is 18.2 Å². The van der Waals surface area contributed by atoms with Crippen molar-refractivity contribution in [1.82, 2.24) is 0 Å². The van der Waals surface area contributed by atoms with Crippen LogP contribution in [0.5, 0.6) is 5.75 Å². The van der Waals surface area contributed by atoms with Crippen LogP contribution in [-0.4, -0.2) is 24.8 Å². The third kappa shape index (κ3) is 2.61. The van der Waals surface area contributed by atoms with E-state index in [0.717, 1.165) is 0 Å². The number of hydrogen-bond donors (Lipinski definition) is 1. The first-order chi connectivity index (χ1) is 8.58. The number of carbonyl (C=O) groups excluding carboxylic acids is 2. The molecule has 1 amide bonds. The molecule has 0 atom stereocenters. The van der Waals surface area contributed by atoms with Gasteiger partial charge in [-0.25, -0.2) is 0 Å². The van der Waals surface area contributed by atoms with Gasteiger partial charge < -0.3 is 20.2 Å². The molecule has 18 heavy (non-hydrogen) atoms. The second kappa shape index (κ2) is 5.08. The topological polar surface area (TPSA) is 72.6 Å². The Morgan fingerprint density at radius 3 is 3.00 bits per heavy atom. The van der Waals surface area contributed by atoms with Crippen LogP contribution in [0.3, 0.4) is 0 Å². The Balaban J connectivity index is 2.16. The van der Waals surface area contributed by atoms with E-state index in [1.165, 1.54) is 0 Å². The van der Waals surface area contributed by atoms with Crippen molar-refractivity contribution in [2.45, 2.75) is 19.8 Å². The number of amides is 1. The van der Waals surface area contributed by atoms with E-state index >= 15 is 0 Å². The average Bonchev–Trinajstić information content (AvgIpc) is 2.31. The maximum Gasteiger partial charge on any atom is 0.265 e. The van der Waals surface area contributed by atoms with Crippen molar-refractivity contribution in [2.75, 3.05) is 23.8 Å². The minimum absolute atomic E-state index is 0.0387. The molecule has 96 valence electrons. The number of rotatable bonds is 4. The molecule has 5 heteroatoms. The Kier molecular flexibility index (Phi) is 3.50. The molecule has 1 heterocycles. The average molecular weight is 248 g/mol. The van der Waals surface area contributed by atoms with Gasteiger partial charge in [-0.1, -0.05) is 0 Å². The Morgan fingerprint density at radius 2 is 2.28 bits per heavy atom. The van der Waals surface area contributed by atoms with Gasteiger partial charge in [0.1, 0.15) is 11.5 Å². The van der Waals surface area contributed by atoms with Gasteiger partial charge in [0.05, 0.1) is 5.69 Å². The van der Waals surface area contributed by atoms with Gasteiger partial charge in [0.2, 0.25) is 0 Å². The zero-order valence-electron chi connectivity index (χ0n) is 10.3. The number of ether oxygens (including phenoxy) is 1. The Morgan fingerprint density at radius 1 is 1.50 bits per heavy atom. The predicted octanol–water partition coefficient (Wildman–Crippen LogP) is 1.36. The molecule has 1 aliphatic heterocycles. The van der Waals surface area contributed by atoms with E-state index in [0.29, 0.717) is 36.5 Å². The number of nitrogens with two attached hydrogens (primary N) is 1. The molecular formula is C13H16N2O3. The summed E-state index contributed by atoms with van der Waals surface area (Å²) in [5.74, 6) is 0.687. The highest BCUT2D eigenvalue weighted by Gasteiger charge is 2.25. The molecule has 0 spiro atoms. The van der Waals surface area contributed by atoms with Crippen LogP contribution in [0.25, 0.3) is 0 Å². The highest BCUT2D eigenvalue weighted by molar-refractivity contribution is 5.98. The van der Waals surface area contributed by atoms with Crippen LogP contribution >= 0.6 is 0 Å². The normalized spacial score (nSPS) is 14.1. The van der Waals surface area contributed by atoms with Crippen LogP contribution in [-0.2, 0) is 9.59 Å². The first-order valence-corrected chi connectivity index (χ1v) is 5.90. The van der Waals surface area contributed by atoms with Crippen molar-refractivity contribution in [3.63, 3.8) is 0 Å². The van der Waals surface area contributed by atoms with Crippen molar-refractivity contribution >= 4 is 23.1 Å². The van der Waals surface area contributed by atoms with Gasteiger partial charge in [0, 0.05) is 18.7 Å². The lowest BCUT2D eigenvalue weighted by Gasteiger charge is -2.29. The fraction of sp³-hybridized carbons (Fsp3) is 0.385. The first-order valence-electron chi connectivity index (χ1n) is 5.90. The molecule has 1 aromatic rings. The van der Waals surface area contributed by atoms with Crippen molar-refractivity contribution in [1.29, 1.82) is 0 Å². The molecule has 0 unspecified atom stereocenters. The Hall–Kier alpha value is -2.04. The summed E-state index contributed by atoms with van der Waals surface area (Å²) in [7, 11) is 0. The second-order valence-electron chi connectivity index (χ2n) is 4.37. The summed E-state index contributed by atoms with van der Waals surface area (Å²) in [4.78, 5) is 24.4. The lowest BCUT2D eigenvalue weighted by Crippen LogP contribution is -2.39. The fourth-order valence-corrected chi connectivity index (χ4v) is 1.95. The van der Waals surface area contributed by atoms with Crippen LogP contribution < -0.4 is 15.4 Å². The first kappa shape index (κ1) is 12.4. The summed E-state index contributed by atoms with van der Waals surface area (Å²) >= 11 is 0. The number of benzene rings is 1. The van der Waals surface area contributed by atoms with Gasteiger partial charge in [0.25, 0.3) is 5.91 Å². The molecule has 1 aliphatic rings. The number of nitrogens with zero attached hydrogens (tertiary/aromatic N) is 1. The number of anilines is 2. The van der Waals surface area contributed by atoms with Crippen molar-refractivity contribution in [3.05, 3.63) is 18.2 Å². The molecule has 2 rings (SSSR count). The van der Waals surface area contributed by atoms with Crippen molar-refractivity contribution < 1.29 is 14.3 Å². The lowest BCUT2D eigenvalue weighted by molar-refractivity contribution is -0.121. The molecule has 0 fully saturated rings. The molecular weight excluding hydrogens is 232 g/mol. The van der Waals surface area contributed by atoms with Crippen LogP contribution in [0.2, 0.25) is 0 Å². The minimum Gasteiger partial charge on any atom is -0.482 e. The maximum absolute atomic E-state index is 11.8. The van der Waals surface area contributed by atoms with Crippen molar-refractivity contribution in [3.8, 4) is 5.75 Å². The predicted molar refractivity (Wildman–Crippen MR) is 68.6 cm³/mol. The highest BCUT2D eigenvalue weighted by atomic mass is 16.5. The largest absolute Gasteiger partial charge is 0.482 e. The molecule has 5 nitrogen and oxygen atoms in total. The van der Waals surface area contributed by atoms with Gasteiger partial charge in [0.15, 0.2) is 6.61 Å². The van der Waals surface area contributed by atoms with Gasteiger partial charge in [-0.05, 0) is 31.5 Å². The molecule has 2 N–H and O–H groups in total. The number of carbonyl (C=O) groups is 2. The number of hydrogen-bond acceptors (Lipinski definition) is 4. The molecule has 0 aliphatic carbocycles. The smallest absolute Gasteiger partial charge is 0.265 e. The van der Waals surface area contributed by atoms with Gasteiger partial charge in [-0.15, -0.1) is 0 Å². The summed E-state index contributed by atoms with van der Waals surface area (Å²) in [6.45, 7) is 2.10. The molecule has 0 saturated heterocycles. The highest BCUT2D eigenvalue weighted by Crippen LogP contribution is 2.33. The van der Waals surface area contributed by atoms with Gasteiger partial charge in [-0.3, -0.25) is 4.79 Å². The number of Topliss-reactive ketones (excluding diaryl/α,β-unsaturated/α-hetero) is 1. The number of nitrogen functional groups attached to an aromatic ring is 1. The van der Waals surface area contributed by atoms with Gasteiger partial charge in [-0.2, -0.15) is 0 Å². The molecule has 1 aromatic carbocycles. The molecule has 0 radical (unpaired) electrons. The van der Waals surface area contributed by atoms with Crippen molar-refractivity contribution in [2.24, 2.45) is 0 Å².